The molecule has 0 saturated heterocycles. The van der Waals surface area contributed by atoms with E-state index in [0.29, 0.717) is 19.3 Å². The second kappa shape index (κ2) is 7.78. The number of rotatable bonds is 5. The molecule has 3 unspecified atom stereocenters. The summed E-state index contributed by atoms with van der Waals surface area (Å²) in [5, 5.41) is 9.97. The average Bonchev–Trinajstić information content (AvgIpc) is 2.49. The van der Waals surface area contributed by atoms with Gasteiger partial charge in [-0.1, -0.05) is 20.4 Å². The van der Waals surface area contributed by atoms with E-state index >= 15 is 0 Å². The standard InChI is InChI=1S/C20H28F6O3/c1-11(2)16(27)29-15(18(28,19(21,22)23)20(24,25)26)10-17-7-12(3)5-14(9-17)6-13(4)8-17/h12-15,28H,1,5-10H2,2-4H3. The normalized spacial score (nSPS) is 31.9. The zero-order chi connectivity index (χ0) is 22.4. The van der Waals surface area contributed by atoms with Gasteiger partial charge in [-0.25, -0.2) is 4.79 Å². The Balaban J connectivity index is 2.50. The van der Waals surface area contributed by atoms with E-state index in [1.54, 1.807) is 0 Å². The number of halogens is 6. The molecule has 3 atom stereocenters. The van der Waals surface area contributed by atoms with Gasteiger partial charge in [-0.15, -0.1) is 0 Å². The third-order valence-corrected chi connectivity index (χ3v) is 6.30. The van der Waals surface area contributed by atoms with Crippen LogP contribution in [0.3, 0.4) is 0 Å². The number of esters is 1. The fourth-order valence-electron chi connectivity index (χ4n) is 5.58. The van der Waals surface area contributed by atoms with Crippen LogP contribution >= 0.6 is 0 Å². The monoisotopic (exact) mass is 430 g/mol. The number of alkyl halides is 6. The quantitative estimate of drug-likeness (QED) is 0.352. The zero-order valence-corrected chi connectivity index (χ0v) is 16.8. The molecule has 1 N–H and O–H groups in total. The Bertz CT molecular complexity index is 606. The molecular formula is C20H28F6O3. The maximum Gasteiger partial charge on any atom is 0.430 e. The molecule has 168 valence electrons. The summed E-state index contributed by atoms with van der Waals surface area (Å²) in [6, 6.07) is 0. The molecule has 2 aliphatic carbocycles. The second-order valence-electron chi connectivity index (χ2n) is 9.30. The summed E-state index contributed by atoms with van der Waals surface area (Å²) in [6.07, 6.45) is -12.6. The van der Waals surface area contributed by atoms with Crippen LogP contribution in [0, 0.1) is 23.2 Å². The van der Waals surface area contributed by atoms with Crippen LogP contribution in [0.25, 0.3) is 0 Å². The van der Waals surface area contributed by atoms with Crippen molar-refractivity contribution in [3.63, 3.8) is 0 Å². The molecule has 2 fully saturated rings. The number of hydrogen-bond donors (Lipinski definition) is 1. The number of fused-ring (bicyclic) bond motifs is 2. The van der Waals surface area contributed by atoms with Crippen LogP contribution in [0.2, 0.25) is 0 Å². The fraction of sp³-hybridized carbons (Fsp3) is 0.850. The maximum atomic E-state index is 13.5. The lowest BCUT2D eigenvalue weighted by Crippen LogP contribution is -2.66. The topological polar surface area (TPSA) is 46.5 Å². The summed E-state index contributed by atoms with van der Waals surface area (Å²) in [4.78, 5) is 11.9. The molecule has 3 nitrogen and oxygen atoms in total. The average molecular weight is 430 g/mol. The molecule has 0 aromatic carbocycles. The van der Waals surface area contributed by atoms with Crippen molar-refractivity contribution in [2.45, 2.75) is 83.4 Å². The summed E-state index contributed by atoms with van der Waals surface area (Å²) < 4.78 is 85.9. The van der Waals surface area contributed by atoms with Gasteiger partial charge in [0, 0.05) is 5.57 Å². The van der Waals surface area contributed by atoms with Gasteiger partial charge in [-0.2, -0.15) is 26.3 Å². The van der Waals surface area contributed by atoms with Crippen LogP contribution in [-0.2, 0) is 9.53 Å². The van der Waals surface area contributed by atoms with Crippen LogP contribution in [-0.4, -0.2) is 35.1 Å². The van der Waals surface area contributed by atoms with E-state index < -0.39 is 41.9 Å². The van der Waals surface area contributed by atoms with Crippen LogP contribution in [0.5, 0.6) is 0 Å². The fourth-order valence-corrected chi connectivity index (χ4v) is 5.58. The van der Waals surface area contributed by atoms with Crippen molar-refractivity contribution >= 4 is 5.97 Å². The van der Waals surface area contributed by atoms with Gasteiger partial charge in [-0.05, 0) is 68.6 Å². The first-order chi connectivity index (χ1) is 13.0. The Morgan fingerprint density at radius 3 is 1.90 bits per heavy atom. The minimum Gasteiger partial charge on any atom is -0.455 e. The van der Waals surface area contributed by atoms with E-state index in [4.69, 9.17) is 0 Å². The van der Waals surface area contributed by atoms with Gasteiger partial charge in [-0.3, -0.25) is 0 Å². The summed E-state index contributed by atoms with van der Waals surface area (Å²) >= 11 is 0. The van der Waals surface area contributed by atoms with Crippen molar-refractivity contribution < 1.29 is 41.0 Å². The Kier molecular flexibility index (Phi) is 6.44. The highest BCUT2D eigenvalue weighted by Crippen LogP contribution is 2.57. The molecule has 0 heterocycles. The summed E-state index contributed by atoms with van der Waals surface area (Å²) in [5.74, 6) is -0.931. The smallest absolute Gasteiger partial charge is 0.430 e. The number of aliphatic hydroxyl groups is 1. The lowest BCUT2D eigenvalue weighted by atomic mass is 9.54. The van der Waals surface area contributed by atoms with Crippen LogP contribution < -0.4 is 0 Å². The highest BCUT2D eigenvalue weighted by Gasteiger charge is 2.76. The Morgan fingerprint density at radius 2 is 1.52 bits per heavy atom. The van der Waals surface area contributed by atoms with Gasteiger partial charge in [0.1, 0.15) is 6.10 Å². The molecule has 2 rings (SSSR count). The zero-order valence-electron chi connectivity index (χ0n) is 16.8. The molecule has 2 saturated carbocycles. The summed E-state index contributed by atoms with van der Waals surface area (Å²) in [5.41, 5.74) is -6.35. The Morgan fingerprint density at radius 1 is 1.07 bits per heavy atom. The van der Waals surface area contributed by atoms with Crippen LogP contribution in [0.15, 0.2) is 12.2 Å². The van der Waals surface area contributed by atoms with Gasteiger partial charge in [0.2, 0.25) is 0 Å². The molecule has 0 aliphatic heterocycles. The predicted octanol–water partition coefficient (Wildman–Crippen LogP) is 5.57. The number of ether oxygens (including phenoxy) is 1. The molecule has 0 amide bonds. The number of hydrogen-bond acceptors (Lipinski definition) is 3. The minimum atomic E-state index is -6.07. The lowest BCUT2D eigenvalue weighted by Gasteiger charge is -2.52. The molecule has 0 aromatic rings. The first-order valence-corrected chi connectivity index (χ1v) is 9.73. The van der Waals surface area contributed by atoms with Gasteiger partial charge in [0.15, 0.2) is 0 Å². The van der Waals surface area contributed by atoms with Crippen molar-refractivity contribution in [3.05, 3.63) is 12.2 Å². The van der Waals surface area contributed by atoms with Gasteiger partial charge >= 0.3 is 18.3 Å². The van der Waals surface area contributed by atoms with Gasteiger partial charge < -0.3 is 9.84 Å². The third-order valence-electron chi connectivity index (χ3n) is 6.30. The van der Waals surface area contributed by atoms with Crippen molar-refractivity contribution in [1.29, 1.82) is 0 Å². The minimum absolute atomic E-state index is 0.128. The molecule has 2 aliphatic rings. The number of carbonyl (C=O) groups is 1. The highest BCUT2D eigenvalue weighted by atomic mass is 19.4. The SMILES string of the molecule is C=C(C)C(=O)OC(CC12CC(C)CC(CC(C)C1)C2)C(O)(C(F)(F)F)C(F)(F)F. The third kappa shape index (κ3) is 4.75. The van der Waals surface area contributed by atoms with E-state index in [-0.39, 0.29) is 23.3 Å². The second-order valence-corrected chi connectivity index (χ2v) is 9.30. The maximum absolute atomic E-state index is 13.5. The molecular weight excluding hydrogens is 402 g/mol. The van der Waals surface area contributed by atoms with Crippen molar-refractivity contribution in [1.82, 2.24) is 0 Å². The molecule has 0 spiro atoms. The van der Waals surface area contributed by atoms with Crippen LogP contribution in [0.4, 0.5) is 26.3 Å². The number of carbonyl (C=O) groups excluding carboxylic acids is 1. The first-order valence-electron chi connectivity index (χ1n) is 9.73. The van der Waals surface area contributed by atoms with E-state index in [1.165, 1.54) is 0 Å². The first kappa shape index (κ1) is 24.0. The van der Waals surface area contributed by atoms with Gasteiger partial charge in [0.05, 0.1) is 0 Å². The largest absolute Gasteiger partial charge is 0.455 e. The molecule has 0 aromatic heterocycles. The van der Waals surface area contributed by atoms with E-state index in [9.17, 15) is 36.2 Å². The van der Waals surface area contributed by atoms with E-state index in [0.717, 1.165) is 19.8 Å². The molecule has 29 heavy (non-hydrogen) atoms. The molecule has 9 heteroatoms. The van der Waals surface area contributed by atoms with Crippen molar-refractivity contribution in [2.24, 2.45) is 23.2 Å². The van der Waals surface area contributed by atoms with Crippen molar-refractivity contribution in [3.8, 4) is 0 Å². The predicted molar refractivity (Wildman–Crippen MR) is 93.7 cm³/mol. The summed E-state index contributed by atoms with van der Waals surface area (Å²) in [6.45, 7) is 8.20. The van der Waals surface area contributed by atoms with E-state index in [1.807, 2.05) is 13.8 Å². The van der Waals surface area contributed by atoms with E-state index in [2.05, 4.69) is 11.3 Å². The van der Waals surface area contributed by atoms with Crippen LogP contribution in [0.1, 0.15) is 59.3 Å². The van der Waals surface area contributed by atoms with Crippen molar-refractivity contribution in [2.75, 3.05) is 0 Å². The Labute approximate surface area is 166 Å². The molecule has 0 radical (unpaired) electrons. The Hall–Kier alpha value is -1.25. The lowest BCUT2D eigenvalue weighted by molar-refractivity contribution is -0.393. The molecule has 2 bridgehead atoms. The van der Waals surface area contributed by atoms with Gasteiger partial charge in [0.25, 0.3) is 5.60 Å². The summed E-state index contributed by atoms with van der Waals surface area (Å²) in [7, 11) is 0. The highest BCUT2D eigenvalue weighted by molar-refractivity contribution is 5.87.